The van der Waals surface area contributed by atoms with Gasteiger partial charge < -0.3 is 20.9 Å². The normalized spacial score (nSPS) is 13.6. The van der Waals surface area contributed by atoms with E-state index >= 15 is 0 Å². The van der Waals surface area contributed by atoms with Gasteiger partial charge in [0, 0.05) is 12.8 Å². The number of carboxylic acid groups (broad SMARTS) is 1. The first kappa shape index (κ1) is 52.3. The summed E-state index contributed by atoms with van der Waals surface area (Å²) in [4.78, 5) is 36.3. The van der Waals surface area contributed by atoms with Crippen molar-refractivity contribution < 1.29 is 24.2 Å². The van der Waals surface area contributed by atoms with Crippen LogP contribution in [0.4, 0.5) is 0 Å². The molecule has 0 spiro atoms. The van der Waals surface area contributed by atoms with E-state index in [0.29, 0.717) is 38.6 Å². The topological polar surface area (TPSA) is 119 Å². The molecule has 1 amide bonds. The first-order valence-corrected chi connectivity index (χ1v) is 22.1. The van der Waals surface area contributed by atoms with Crippen LogP contribution in [0.1, 0.15) is 174 Å². The minimum Gasteiger partial charge on any atom is -0.480 e. The number of nitrogens with two attached hydrogens (primary N) is 1. The third kappa shape index (κ3) is 38.6. The number of carbonyl (C=O) groups excluding carboxylic acids is 2. The van der Waals surface area contributed by atoms with Crippen LogP contribution in [-0.2, 0) is 19.1 Å². The molecule has 0 aromatic carbocycles. The molecule has 7 nitrogen and oxygen atoms in total. The number of amides is 1. The van der Waals surface area contributed by atoms with Gasteiger partial charge in [-0.2, -0.15) is 0 Å². The van der Waals surface area contributed by atoms with Crippen molar-refractivity contribution in [1.82, 2.24) is 5.32 Å². The Morgan fingerprint density at radius 3 is 1.59 bits per heavy atom. The first-order chi connectivity index (χ1) is 27.4. The lowest BCUT2D eigenvalue weighted by atomic mass is 10.1. The lowest BCUT2D eigenvalue weighted by molar-refractivity contribution is -0.147. The quantitative estimate of drug-likeness (QED) is 0.0326. The molecule has 0 aromatic heterocycles. The first-order valence-electron chi connectivity index (χ1n) is 22.1. The molecule has 4 N–H and O–H groups in total. The highest BCUT2D eigenvalue weighted by Crippen LogP contribution is 2.14. The van der Waals surface area contributed by atoms with Crippen LogP contribution in [0.3, 0.4) is 0 Å². The Labute approximate surface area is 342 Å². The Balaban J connectivity index is 4.49. The van der Waals surface area contributed by atoms with E-state index in [4.69, 9.17) is 10.5 Å². The number of rotatable bonds is 38. The maximum absolute atomic E-state index is 12.8. The standard InChI is InChI=1S/C49H80N2O5/c1-3-5-7-9-11-13-15-16-17-18-19-20-21-22-24-26-28-33-37-43-48(53)56-45(39-34-30-27-25-23-14-12-10-8-6-4-2)40-35-31-29-32-36-42-47(52)51-46(49(54)55)41-38-44-50/h5,7,11-14,16-17,19-20,22,24-25,27,34,39,45-46H,3-4,6,8-10,15,18,21,23,26,28-33,35-38,40-44,50H2,1-2H3,(H,51,52)(H,54,55)/b7-5-,13-11-,14-12-,17-16-,20-19-,24-22-,27-25-,39-34-. The second kappa shape index (κ2) is 42.4. The predicted octanol–water partition coefficient (Wildman–Crippen LogP) is 12.7. The van der Waals surface area contributed by atoms with Gasteiger partial charge in [0.05, 0.1) is 0 Å². The molecule has 7 heteroatoms. The van der Waals surface area contributed by atoms with Crippen LogP contribution in [0.15, 0.2) is 97.2 Å². The predicted molar refractivity (Wildman–Crippen MR) is 238 cm³/mol. The van der Waals surface area contributed by atoms with Crippen molar-refractivity contribution in [3.8, 4) is 0 Å². The van der Waals surface area contributed by atoms with E-state index in [2.05, 4.69) is 110 Å². The van der Waals surface area contributed by atoms with Crippen molar-refractivity contribution >= 4 is 17.8 Å². The molecule has 316 valence electrons. The van der Waals surface area contributed by atoms with E-state index in [1.807, 2.05) is 6.08 Å². The van der Waals surface area contributed by atoms with Gasteiger partial charge in [0.1, 0.15) is 12.1 Å². The molecule has 0 saturated heterocycles. The van der Waals surface area contributed by atoms with E-state index < -0.39 is 12.0 Å². The molecule has 2 atom stereocenters. The fourth-order valence-electron chi connectivity index (χ4n) is 5.81. The lowest BCUT2D eigenvalue weighted by Crippen LogP contribution is -2.40. The highest BCUT2D eigenvalue weighted by molar-refractivity contribution is 5.83. The molecule has 0 aliphatic rings. The SMILES string of the molecule is CC/C=C\C/C=C\C/C=C\C/C=C\C/C=C\CCCCCC(=O)OC(/C=C\C/C=C\C/C=C\CCCCC)CCCCCCCC(=O)NC(CCCN)C(=O)O. The summed E-state index contributed by atoms with van der Waals surface area (Å²) in [5.41, 5.74) is 5.48. The monoisotopic (exact) mass is 777 g/mol. The number of allylic oxidation sites excluding steroid dienone is 15. The van der Waals surface area contributed by atoms with Gasteiger partial charge in [-0.25, -0.2) is 4.79 Å². The number of esters is 1. The third-order valence-electron chi connectivity index (χ3n) is 9.12. The van der Waals surface area contributed by atoms with Gasteiger partial charge in [0.2, 0.25) is 5.91 Å². The molecule has 0 heterocycles. The molecule has 0 saturated carbocycles. The van der Waals surface area contributed by atoms with Crippen LogP contribution < -0.4 is 11.1 Å². The van der Waals surface area contributed by atoms with E-state index in [9.17, 15) is 19.5 Å². The van der Waals surface area contributed by atoms with E-state index in [-0.39, 0.29) is 18.0 Å². The van der Waals surface area contributed by atoms with Crippen molar-refractivity contribution in [3.63, 3.8) is 0 Å². The number of carboxylic acids is 1. The van der Waals surface area contributed by atoms with Crippen LogP contribution in [0.2, 0.25) is 0 Å². The van der Waals surface area contributed by atoms with Gasteiger partial charge in [-0.05, 0) is 122 Å². The summed E-state index contributed by atoms with van der Waals surface area (Å²) in [5.74, 6) is -1.37. The number of carbonyl (C=O) groups is 3. The molecule has 0 radical (unpaired) electrons. The summed E-state index contributed by atoms with van der Waals surface area (Å²) in [6.45, 7) is 4.78. The highest BCUT2D eigenvalue weighted by Gasteiger charge is 2.18. The van der Waals surface area contributed by atoms with Crippen molar-refractivity contribution in [2.75, 3.05) is 6.54 Å². The lowest BCUT2D eigenvalue weighted by Gasteiger charge is -2.15. The summed E-state index contributed by atoms with van der Waals surface area (Å²) in [6.07, 6.45) is 57.5. The van der Waals surface area contributed by atoms with Gasteiger partial charge in [-0.3, -0.25) is 9.59 Å². The Morgan fingerprint density at radius 2 is 1.04 bits per heavy atom. The number of unbranched alkanes of at least 4 members (excludes halogenated alkanes) is 10. The zero-order chi connectivity index (χ0) is 41.0. The molecule has 0 bridgehead atoms. The smallest absolute Gasteiger partial charge is 0.326 e. The summed E-state index contributed by atoms with van der Waals surface area (Å²) in [7, 11) is 0. The van der Waals surface area contributed by atoms with E-state index in [0.717, 1.165) is 109 Å². The Hall–Kier alpha value is -3.71. The van der Waals surface area contributed by atoms with Crippen LogP contribution in [-0.4, -0.2) is 41.6 Å². The van der Waals surface area contributed by atoms with Crippen molar-refractivity contribution in [3.05, 3.63) is 97.2 Å². The minimum atomic E-state index is -1.02. The molecule has 56 heavy (non-hydrogen) atoms. The van der Waals surface area contributed by atoms with Crippen LogP contribution in [0.25, 0.3) is 0 Å². The summed E-state index contributed by atoms with van der Waals surface area (Å²) in [5, 5.41) is 11.9. The Bertz CT molecular complexity index is 1190. The molecule has 0 aromatic rings. The number of ether oxygens (including phenoxy) is 1. The average Bonchev–Trinajstić information content (AvgIpc) is 3.18. The fourth-order valence-corrected chi connectivity index (χ4v) is 5.81. The molecular formula is C49H80N2O5. The van der Waals surface area contributed by atoms with Gasteiger partial charge >= 0.3 is 11.9 Å². The largest absolute Gasteiger partial charge is 0.480 e. The molecular weight excluding hydrogens is 697 g/mol. The van der Waals surface area contributed by atoms with Crippen molar-refractivity contribution in [1.29, 1.82) is 0 Å². The highest BCUT2D eigenvalue weighted by atomic mass is 16.5. The Morgan fingerprint density at radius 1 is 0.554 bits per heavy atom. The average molecular weight is 777 g/mol. The maximum Gasteiger partial charge on any atom is 0.326 e. The number of aliphatic carboxylic acids is 1. The molecule has 0 aliphatic heterocycles. The van der Waals surface area contributed by atoms with E-state index in [1.54, 1.807) is 0 Å². The zero-order valence-electron chi connectivity index (χ0n) is 35.4. The van der Waals surface area contributed by atoms with Gasteiger partial charge in [-0.15, -0.1) is 0 Å². The summed E-state index contributed by atoms with van der Waals surface area (Å²) >= 11 is 0. The van der Waals surface area contributed by atoms with Crippen LogP contribution >= 0.6 is 0 Å². The van der Waals surface area contributed by atoms with Gasteiger partial charge in [0.25, 0.3) is 0 Å². The van der Waals surface area contributed by atoms with Gasteiger partial charge in [-0.1, -0.05) is 144 Å². The minimum absolute atomic E-state index is 0.129. The number of hydrogen-bond donors (Lipinski definition) is 3. The van der Waals surface area contributed by atoms with E-state index in [1.165, 1.54) is 19.3 Å². The number of hydrogen-bond acceptors (Lipinski definition) is 5. The second-order valence-corrected chi connectivity index (χ2v) is 14.4. The molecule has 2 unspecified atom stereocenters. The van der Waals surface area contributed by atoms with Crippen molar-refractivity contribution in [2.45, 2.75) is 187 Å². The third-order valence-corrected chi connectivity index (χ3v) is 9.12. The molecule has 0 fully saturated rings. The second-order valence-electron chi connectivity index (χ2n) is 14.4. The number of nitrogens with one attached hydrogen (secondary N) is 1. The fraction of sp³-hybridized carbons (Fsp3) is 0.612. The summed E-state index contributed by atoms with van der Waals surface area (Å²) < 4.78 is 5.92. The maximum atomic E-state index is 12.8. The zero-order valence-corrected chi connectivity index (χ0v) is 35.4. The molecule has 0 rings (SSSR count). The van der Waals surface area contributed by atoms with Gasteiger partial charge in [0.15, 0.2) is 0 Å². The summed E-state index contributed by atoms with van der Waals surface area (Å²) in [6, 6.07) is -0.874. The Kier molecular flexibility index (Phi) is 39.6. The van der Waals surface area contributed by atoms with Crippen LogP contribution in [0.5, 0.6) is 0 Å². The van der Waals surface area contributed by atoms with Crippen LogP contribution in [0, 0.1) is 0 Å². The molecule has 0 aliphatic carbocycles. The van der Waals surface area contributed by atoms with Crippen molar-refractivity contribution in [2.24, 2.45) is 5.73 Å².